The second-order valence-electron chi connectivity index (χ2n) is 6.62. The van der Waals surface area contributed by atoms with Crippen LogP contribution in [0.25, 0.3) is 11.3 Å². The van der Waals surface area contributed by atoms with Crippen molar-refractivity contribution >= 4 is 23.2 Å². The van der Waals surface area contributed by atoms with E-state index in [2.05, 4.69) is 20.4 Å². The summed E-state index contributed by atoms with van der Waals surface area (Å²) >= 11 is 6.14. The average molecular weight is 439 g/mol. The lowest BCUT2D eigenvalue weighted by molar-refractivity contribution is 0.102. The van der Waals surface area contributed by atoms with Crippen LogP contribution in [-0.2, 0) is 0 Å². The molecule has 0 saturated heterocycles. The standard InChI is InChI=1S/C22H16ClFN4O3/c1-12-11-14(30-22-25-9-4-10-26-22)7-8-17(12)27-21(29)18-13(2)31-28-20(18)19-15(23)5-3-6-16(19)24/h3-11H,1-2H3,(H,27,29). The van der Waals surface area contributed by atoms with Gasteiger partial charge in [-0.15, -0.1) is 0 Å². The molecule has 0 atom stereocenters. The number of carbonyl (C=O) groups is 1. The molecule has 9 heteroatoms. The predicted molar refractivity (Wildman–Crippen MR) is 113 cm³/mol. The van der Waals surface area contributed by atoms with Crippen LogP contribution in [0.1, 0.15) is 21.7 Å². The van der Waals surface area contributed by atoms with Crippen LogP contribution in [-0.4, -0.2) is 21.0 Å². The van der Waals surface area contributed by atoms with Gasteiger partial charge in [0.05, 0.1) is 10.6 Å². The van der Waals surface area contributed by atoms with Gasteiger partial charge in [0, 0.05) is 18.1 Å². The van der Waals surface area contributed by atoms with Crippen LogP contribution in [0.15, 0.2) is 59.4 Å². The molecule has 0 bridgehead atoms. The maximum absolute atomic E-state index is 14.4. The SMILES string of the molecule is Cc1cc(Oc2ncccn2)ccc1NC(=O)c1c(-c2c(F)cccc2Cl)noc1C. The van der Waals surface area contributed by atoms with Crippen molar-refractivity contribution in [2.45, 2.75) is 13.8 Å². The third-order valence-electron chi connectivity index (χ3n) is 4.49. The summed E-state index contributed by atoms with van der Waals surface area (Å²) in [5, 5.41) is 6.79. The minimum atomic E-state index is -0.601. The van der Waals surface area contributed by atoms with E-state index in [1.54, 1.807) is 43.6 Å². The van der Waals surface area contributed by atoms with Crippen LogP contribution >= 0.6 is 11.6 Å². The van der Waals surface area contributed by atoms with Crippen molar-refractivity contribution < 1.29 is 18.4 Å². The van der Waals surface area contributed by atoms with Crippen LogP contribution in [0.5, 0.6) is 11.8 Å². The number of ether oxygens (including phenoxy) is 1. The highest BCUT2D eigenvalue weighted by Gasteiger charge is 2.25. The molecule has 7 nitrogen and oxygen atoms in total. The Labute approximate surface area is 181 Å². The van der Waals surface area contributed by atoms with Crippen LogP contribution < -0.4 is 10.1 Å². The minimum absolute atomic E-state index is 0.00879. The predicted octanol–water partition coefficient (Wildman–Crippen LogP) is 5.59. The lowest BCUT2D eigenvalue weighted by atomic mass is 10.0. The summed E-state index contributed by atoms with van der Waals surface area (Å²) < 4.78 is 25.1. The van der Waals surface area contributed by atoms with Crippen LogP contribution in [0.4, 0.5) is 10.1 Å². The molecule has 0 unspecified atom stereocenters. The number of hydrogen-bond acceptors (Lipinski definition) is 6. The fourth-order valence-corrected chi connectivity index (χ4v) is 3.25. The highest BCUT2D eigenvalue weighted by Crippen LogP contribution is 2.34. The molecule has 0 fully saturated rings. The smallest absolute Gasteiger partial charge is 0.321 e. The Morgan fingerprint density at radius 1 is 1.13 bits per heavy atom. The van der Waals surface area contributed by atoms with Crippen molar-refractivity contribution in [2.75, 3.05) is 5.32 Å². The lowest BCUT2D eigenvalue weighted by Gasteiger charge is -2.11. The molecule has 31 heavy (non-hydrogen) atoms. The lowest BCUT2D eigenvalue weighted by Crippen LogP contribution is -2.14. The van der Waals surface area contributed by atoms with Gasteiger partial charge in [0.15, 0.2) is 0 Å². The molecule has 2 aromatic heterocycles. The number of hydrogen-bond donors (Lipinski definition) is 1. The number of carbonyl (C=O) groups excluding carboxylic acids is 1. The first-order chi connectivity index (χ1) is 14.9. The fraction of sp³-hybridized carbons (Fsp3) is 0.0909. The summed E-state index contributed by atoms with van der Waals surface area (Å²) in [6.07, 6.45) is 3.15. The van der Waals surface area contributed by atoms with E-state index >= 15 is 0 Å². The molecule has 1 N–H and O–H groups in total. The largest absolute Gasteiger partial charge is 0.424 e. The van der Waals surface area contributed by atoms with E-state index in [-0.39, 0.29) is 33.6 Å². The highest BCUT2D eigenvalue weighted by molar-refractivity contribution is 6.33. The monoisotopic (exact) mass is 438 g/mol. The van der Waals surface area contributed by atoms with E-state index in [1.165, 1.54) is 18.2 Å². The third-order valence-corrected chi connectivity index (χ3v) is 4.80. The summed E-state index contributed by atoms with van der Waals surface area (Å²) in [7, 11) is 0. The van der Waals surface area contributed by atoms with Crippen molar-refractivity contribution in [2.24, 2.45) is 0 Å². The number of aromatic nitrogens is 3. The Balaban J connectivity index is 1.60. The molecule has 0 aliphatic heterocycles. The van der Waals surface area contributed by atoms with Crippen molar-refractivity contribution in [1.82, 2.24) is 15.1 Å². The first-order valence-corrected chi connectivity index (χ1v) is 9.59. The van der Waals surface area contributed by atoms with Crippen molar-refractivity contribution in [1.29, 1.82) is 0 Å². The second-order valence-corrected chi connectivity index (χ2v) is 7.03. The molecule has 156 valence electrons. The van der Waals surface area contributed by atoms with Gasteiger partial charge in [-0.25, -0.2) is 14.4 Å². The molecule has 0 aliphatic rings. The van der Waals surface area contributed by atoms with Crippen LogP contribution in [0, 0.1) is 19.7 Å². The first-order valence-electron chi connectivity index (χ1n) is 9.21. The van der Waals surface area contributed by atoms with Crippen molar-refractivity contribution in [3.63, 3.8) is 0 Å². The van der Waals surface area contributed by atoms with Crippen LogP contribution in [0.3, 0.4) is 0 Å². The summed E-state index contributed by atoms with van der Waals surface area (Å²) in [4.78, 5) is 21.0. The van der Waals surface area contributed by atoms with Gasteiger partial charge in [-0.2, -0.15) is 0 Å². The molecule has 2 aromatic carbocycles. The Hall–Kier alpha value is -3.78. The number of anilines is 1. The summed E-state index contributed by atoms with van der Waals surface area (Å²) in [6, 6.07) is 11.2. The summed E-state index contributed by atoms with van der Waals surface area (Å²) in [5.41, 5.74) is 1.43. The number of aryl methyl sites for hydroxylation is 2. The van der Waals surface area contributed by atoms with Gasteiger partial charge in [-0.05, 0) is 55.8 Å². The Morgan fingerprint density at radius 3 is 2.61 bits per heavy atom. The van der Waals surface area contributed by atoms with Gasteiger partial charge < -0.3 is 14.6 Å². The van der Waals surface area contributed by atoms with E-state index in [0.29, 0.717) is 11.4 Å². The van der Waals surface area contributed by atoms with E-state index in [0.717, 1.165) is 5.56 Å². The topological polar surface area (TPSA) is 90.1 Å². The molecule has 1 amide bonds. The van der Waals surface area contributed by atoms with Gasteiger partial charge in [-0.3, -0.25) is 4.79 Å². The molecule has 0 radical (unpaired) electrons. The Bertz CT molecular complexity index is 1240. The Morgan fingerprint density at radius 2 is 1.90 bits per heavy atom. The van der Waals surface area contributed by atoms with Gasteiger partial charge >= 0.3 is 6.01 Å². The zero-order valence-corrected chi connectivity index (χ0v) is 17.3. The molecule has 0 spiro atoms. The quantitative estimate of drug-likeness (QED) is 0.437. The van der Waals surface area contributed by atoms with Crippen LogP contribution in [0.2, 0.25) is 5.02 Å². The maximum atomic E-state index is 14.4. The summed E-state index contributed by atoms with van der Waals surface area (Å²) in [6.45, 7) is 3.38. The fourth-order valence-electron chi connectivity index (χ4n) is 3.00. The molecule has 2 heterocycles. The van der Waals surface area contributed by atoms with E-state index < -0.39 is 11.7 Å². The molecular formula is C22H16ClFN4O3. The molecule has 4 aromatic rings. The molecular weight excluding hydrogens is 423 g/mol. The summed E-state index contributed by atoms with van der Waals surface area (Å²) in [5.74, 6) is -0.348. The van der Waals surface area contributed by atoms with E-state index in [1.807, 2.05) is 6.92 Å². The zero-order chi connectivity index (χ0) is 22.0. The minimum Gasteiger partial charge on any atom is -0.424 e. The van der Waals surface area contributed by atoms with Gasteiger partial charge in [0.2, 0.25) is 0 Å². The molecule has 0 aliphatic carbocycles. The molecule has 4 rings (SSSR count). The van der Waals surface area contributed by atoms with Gasteiger partial charge in [-0.1, -0.05) is 22.8 Å². The number of benzene rings is 2. The maximum Gasteiger partial charge on any atom is 0.321 e. The van der Waals surface area contributed by atoms with Gasteiger partial charge in [0.1, 0.15) is 28.6 Å². The Kier molecular flexibility index (Phi) is 5.64. The second kappa shape index (κ2) is 8.53. The number of nitrogens with one attached hydrogen (secondary N) is 1. The van der Waals surface area contributed by atoms with E-state index in [4.69, 9.17) is 20.9 Å². The normalized spacial score (nSPS) is 10.7. The number of rotatable bonds is 5. The highest BCUT2D eigenvalue weighted by atomic mass is 35.5. The number of amides is 1. The number of halogens is 2. The van der Waals surface area contributed by atoms with E-state index in [9.17, 15) is 9.18 Å². The average Bonchev–Trinajstić information content (AvgIpc) is 3.12. The van der Waals surface area contributed by atoms with Gasteiger partial charge in [0.25, 0.3) is 5.91 Å². The van der Waals surface area contributed by atoms with Crippen molar-refractivity contribution in [3.8, 4) is 23.0 Å². The van der Waals surface area contributed by atoms with Crippen molar-refractivity contribution in [3.05, 3.63) is 82.6 Å². The number of nitrogens with zero attached hydrogens (tertiary/aromatic N) is 3. The third kappa shape index (κ3) is 4.24. The zero-order valence-electron chi connectivity index (χ0n) is 16.5. The first kappa shape index (κ1) is 20.5. The molecule has 0 saturated carbocycles.